The van der Waals surface area contributed by atoms with Gasteiger partial charge < -0.3 is 15.4 Å². The molecule has 0 radical (unpaired) electrons. The molecule has 3 N–H and O–H groups in total. The van der Waals surface area contributed by atoms with E-state index in [1.807, 2.05) is 6.92 Å². The summed E-state index contributed by atoms with van der Waals surface area (Å²) < 4.78 is 5.47. The summed E-state index contributed by atoms with van der Waals surface area (Å²) in [6, 6.07) is 13.5. The van der Waals surface area contributed by atoms with Crippen LogP contribution in [0.2, 0.25) is 5.02 Å². The fraction of sp³-hybridized carbons (Fsp3) is 0.238. The zero-order valence-corrected chi connectivity index (χ0v) is 17.2. The van der Waals surface area contributed by atoms with Crippen LogP contribution in [0.3, 0.4) is 0 Å². The Hall–Kier alpha value is -3.39. The summed E-state index contributed by atoms with van der Waals surface area (Å²) in [5.41, 5.74) is 3.40. The van der Waals surface area contributed by atoms with Gasteiger partial charge in [0.2, 0.25) is 0 Å². The van der Waals surface area contributed by atoms with Gasteiger partial charge >= 0.3 is 11.8 Å². The van der Waals surface area contributed by atoms with Crippen LogP contribution in [-0.4, -0.2) is 37.1 Å². The third-order valence-electron chi connectivity index (χ3n) is 3.76. The number of unbranched alkanes of at least 4 members (excludes halogenated alkanes) is 1. The molecule has 0 aromatic heterocycles. The summed E-state index contributed by atoms with van der Waals surface area (Å²) in [6.45, 7) is 2.25. The Morgan fingerprint density at radius 1 is 1.10 bits per heavy atom. The van der Waals surface area contributed by atoms with Crippen LogP contribution in [0, 0.1) is 0 Å². The Morgan fingerprint density at radius 2 is 1.87 bits per heavy atom. The molecule has 8 nitrogen and oxygen atoms in total. The summed E-state index contributed by atoms with van der Waals surface area (Å²) in [5, 5.41) is 9.53. The third kappa shape index (κ3) is 8.32. The lowest BCUT2D eigenvalue weighted by Crippen LogP contribution is -2.38. The predicted octanol–water partition coefficient (Wildman–Crippen LogP) is 2.72. The van der Waals surface area contributed by atoms with E-state index in [0.29, 0.717) is 28.6 Å². The highest BCUT2D eigenvalue weighted by atomic mass is 35.5. The molecule has 0 spiro atoms. The van der Waals surface area contributed by atoms with Gasteiger partial charge in [-0.3, -0.25) is 14.4 Å². The average molecular weight is 431 g/mol. The van der Waals surface area contributed by atoms with Crippen LogP contribution in [0.15, 0.2) is 53.6 Å². The maximum absolute atomic E-state index is 12.0. The SMILES string of the molecule is CCCCNC(=O)C(=O)N/N=C\c1cccc(OCC(=O)Nc2ccc(Cl)cc2)c1. The second kappa shape index (κ2) is 12.2. The number of carbonyl (C=O) groups excluding carboxylic acids is 3. The van der Waals surface area contributed by atoms with Gasteiger partial charge in [-0.2, -0.15) is 5.10 Å². The number of carbonyl (C=O) groups is 3. The van der Waals surface area contributed by atoms with Crippen molar-refractivity contribution in [2.45, 2.75) is 19.8 Å². The number of nitrogens with one attached hydrogen (secondary N) is 3. The van der Waals surface area contributed by atoms with Gasteiger partial charge in [0.05, 0.1) is 6.21 Å². The van der Waals surface area contributed by atoms with E-state index in [4.69, 9.17) is 16.3 Å². The number of anilines is 1. The molecule has 158 valence electrons. The first-order chi connectivity index (χ1) is 14.5. The summed E-state index contributed by atoms with van der Waals surface area (Å²) in [6.07, 6.45) is 3.09. The molecule has 0 unspecified atom stereocenters. The van der Waals surface area contributed by atoms with E-state index >= 15 is 0 Å². The Bertz CT molecular complexity index is 900. The van der Waals surface area contributed by atoms with Gasteiger partial charge in [-0.15, -0.1) is 0 Å². The van der Waals surface area contributed by atoms with Crippen molar-refractivity contribution in [2.24, 2.45) is 5.10 Å². The van der Waals surface area contributed by atoms with Crippen LogP contribution in [-0.2, 0) is 14.4 Å². The molecule has 0 aliphatic rings. The van der Waals surface area contributed by atoms with Gasteiger partial charge in [-0.1, -0.05) is 37.1 Å². The Kier molecular flexibility index (Phi) is 9.33. The number of amides is 3. The molecule has 2 rings (SSSR count). The Morgan fingerprint density at radius 3 is 2.60 bits per heavy atom. The van der Waals surface area contributed by atoms with Crippen LogP contribution >= 0.6 is 11.6 Å². The quantitative estimate of drug-likeness (QED) is 0.246. The molecule has 0 heterocycles. The Balaban J connectivity index is 1.80. The summed E-state index contributed by atoms with van der Waals surface area (Å²) >= 11 is 5.81. The summed E-state index contributed by atoms with van der Waals surface area (Å²) in [4.78, 5) is 35.2. The lowest BCUT2D eigenvalue weighted by molar-refractivity contribution is -0.139. The number of hydrazone groups is 1. The summed E-state index contributed by atoms with van der Waals surface area (Å²) in [7, 11) is 0. The first kappa shape index (κ1) is 22.9. The van der Waals surface area contributed by atoms with E-state index in [1.54, 1.807) is 48.5 Å². The van der Waals surface area contributed by atoms with E-state index in [0.717, 1.165) is 12.8 Å². The van der Waals surface area contributed by atoms with E-state index < -0.39 is 11.8 Å². The lowest BCUT2D eigenvalue weighted by Gasteiger charge is -2.08. The molecule has 30 heavy (non-hydrogen) atoms. The molecule has 0 saturated heterocycles. The second-order valence-corrected chi connectivity index (χ2v) is 6.66. The van der Waals surface area contributed by atoms with Crippen LogP contribution in [0.4, 0.5) is 5.69 Å². The predicted molar refractivity (Wildman–Crippen MR) is 116 cm³/mol. The number of benzene rings is 2. The number of hydrogen-bond acceptors (Lipinski definition) is 5. The van der Waals surface area contributed by atoms with E-state index in [1.165, 1.54) is 6.21 Å². The molecular formula is C21H23ClN4O4. The largest absolute Gasteiger partial charge is 0.484 e. The smallest absolute Gasteiger partial charge is 0.329 e. The van der Waals surface area contributed by atoms with Gasteiger partial charge in [0.25, 0.3) is 5.91 Å². The van der Waals surface area contributed by atoms with Crippen molar-refractivity contribution >= 4 is 41.2 Å². The first-order valence-electron chi connectivity index (χ1n) is 9.37. The minimum Gasteiger partial charge on any atom is -0.484 e. The fourth-order valence-corrected chi connectivity index (χ4v) is 2.36. The van der Waals surface area contributed by atoms with Crippen molar-refractivity contribution in [3.8, 4) is 5.75 Å². The molecule has 2 aromatic rings. The summed E-state index contributed by atoms with van der Waals surface area (Å²) in [5.74, 6) is -1.44. The normalized spacial score (nSPS) is 10.5. The van der Waals surface area contributed by atoms with Crippen molar-refractivity contribution in [1.82, 2.24) is 10.7 Å². The van der Waals surface area contributed by atoms with Gasteiger partial charge in [0, 0.05) is 17.3 Å². The van der Waals surface area contributed by atoms with Crippen molar-refractivity contribution in [3.63, 3.8) is 0 Å². The maximum Gasteiger partial charge on any atom is 0.329 e. The molecule has 9 heteroatoms. The fourth-order valence-electron chi connectivity index (χ4n) is 2.24. The van der Waals surface area contributed by atoms with Gasteiger partial charge in [-0.05, 0) is 48.4 Å². The highest BCUT2D eigenvalue weighted by Crippen LogP contribution is 2.14. The maximum atomic E-state index is 12.0. The number of rotatable bonds is 9. The molecule has 2 aromatic carbocycles. The second-order valence-electron chi connectivity index (χ2n) is 6.22. The van der Waals surface area contributed by atoms with E-state index in [-0.39, 0.29) is 12.5 Å². The molecule has 0 saturated carbocycles. The first-order valence-corrected chi connectivity index (χ1v) is 9.75. The minimum absolute atomic E-state index is 0.183. The number of ether oxygens (including phenoxy) is 1. The van der Waals surface area contributed by atoms with Crippen LogP contribution in [0.1, 0.15) is 25.3 Å². The number of halogens is 1. The van der Waals surface area contributed by atoms with E-state index in [9.17, 15) is 14.4 Å². The Labute approximate surface area is 179 Å². The zero-order chi connectivity index (χ0) is 21.8. The average Bonchev–Trinajstić information content (AvgIpc) is 2.74. The standard InChI is InChI=1S/C21H23ClN4O4/c1-2-3-11-23-20(28)21(29)26-24-13-15-5-4-6-18(12-15)30-14-19(27)25-17-9-7-16(22)8-10-17/h4-10,12-13H,2-3,11,14H2,1H3,(H,23,28)(H,25,27)(H,26,29)/b24-13-. The molecule has 0 atom stereocenters. The van der Waals surface area contributed by atoms with Crippen LogP contribution in [0.25, 0.3) is 0 Å². The van der Waals surface area contributed by atoms with E-state index in [2.05, 4.69) is 21.2 Å². The van der Waals surface area contributed by atoms with Crippen LogP contribution in [0.5, 0.6) is 5.75 Å². The zero-order valence-electron chi connectivity index (χ0n) is 16.5. The number of nitrogens with zero attached hydrogens (tertiary/aromatic N) is 1. The molecule has 0 aliphatic carbocycles. The monoisotopic (exact) mass is 430 g/mol. The van der Waals surface area contributed by atoms with Gasteiger partial charge in [0.1, 0.15) is 5.75 Å². The third-order valence-corrected chi connectivity index (χ3v) is 4.01. The lowest BCUT2D eigenvalue weighted by atomic mass is 10.2. The molecular weight excluding hydrogens is 408 g/mol. The minimum atomic E-state index is -0.839. The topological polar surface area (TPSA) is 109 Å². The molecule has 0 bridgehead atoms. The van der Waals surface area contributed by atoms with Crippen molar-refractivity contribution < 1.29 is 19.1 Å². The molecule has 3 amide bonds. The highest BCUT2D eigenvalue weighted by molar-refractivity contribution is 6.35. The molecule has 0 fully saturated rings. The van der Waals surface area contributed by atoms with Crippen molar-refractivity contribution in [2.75, 3.05) is 18.5 Å². The van der Waals surface area contributed by atoms with Gasteiger partial charge in [-0.25, -0.2) is 5.43 Å². The van der Waals surface area contributed by atoms with Crippen LogP contribution < -0.4 is 20.8 Å². The molecule has 0 aliphatic heterocycles. The highest BCUT2D eigenvalue weighted by Gasteiger charge is 2.11. The van der Waals surface area contributed by atoms with Crippen molar-refractivity contribution in [3.05, 3.63) is 59.1 Å². The number of hydrogen-bond donors (Lipinski definition) is 3. The van der Waals surface area contributed by atoms with Crippen molar-refractivity contribution in [1.29, 1.82) is 0 Å². The van der Waals surface area contributed by atoms with Gasteiger partial charge in [0.15, 0.2) is 6.61 Å².